The van der Waals surface area contributed by atoms with Crippen LogP contribution in [0.5, 0.6) is 0 Å². The normalized spacial score (nSPS) is 18.1. The van der Waals surface area contributed by atoms with Crippen molar-refractivity contribution in [2.24, 2.45) is 5.92 Å². The van der Waals surface area contributed by atoms with Crippen molar-refractivity contribution in [2.75, 3.05) is 13.2 Å². The van der Waals surface area contributed by atoms with Gasteiger partial charge < -0.3 is 4.74 Å². The van der Waals surface area contributed by atoms with Crippen molar-refractivity contribution < 1.29 is 9.53 Å². The highest BCUT2D eigenvalue weighted by atomic mass is 16.5. The molecule has 0 saturated carbocycles. The lowest BCUT2D eigenvalue weighted by atomic mass is 9.96. The van der Waals surface area contributed by atoms with E-state index in [0.717, 1.165) is 30.8 Å². The van der Waals surface area contributed by atoms with Crippen LogP contribution in [-0.4, -0.2) is 19.0 Å². The molecule has 3 rings (SSSR count). The van der Waals surface area contributed by atoms with Gasteiger partial charge in [-0.05, 0) is 23.5 Å². The van der Waals surface area contributed by atoms with Gasteiger partial charge in [0.25, 0.3) is 0 Å². The topological polar surface area (TPSA) is 26.3 Å². The van der Waals surface area contributed by atoms with E-state index in [9.17, 15) is 4.79 Å². The van der Waals surface area contributed by atoms with Crippen LogP contribution in [0.15, 0.2) is 54.6 Å². The first-order chi connectivity index (χ1) is 9.83. The van der Waals surface area contributed by atoms with E-state index < -0.39 is 0 Å². The molecule has 0 aromatic heterocycles. The number of Topliss-reactive ketones (excluding diaryl/α,β-unsaturated/α-hetero) is 1. The summed E-state index contributed by atoms with van der Waals surface area (Å²) in [6, 6.07) is 18.1. The third kappa shape index (κ3) is 2.97. The monoisotopic (exact) mass is 266 g/mol. The van der Waals surface area contributed by atoms with E-state index in [2.05, 4.69) is 12.1 Å². The highest BCUT2D eigenvalue weighted by molar-refractivity contribution is 5.96. The van der Waals surface area contributed by atoms with Crippen molar-refractivity contribution in [1.82, 2.24) is 0 Å². The Morgan fingerprint density at radius 3 is 2.35 bits per heavy atom. The number of carbonyl (C=O) groups is 1. The zero-order chi connectivity index (χ0) is 13.8. The van der Waals surface area contributed by atoms with Gasteiger partial charge in [0.05, 0.1) is 0 Å². The van der Waals surface area contributed by atoms with Crippen LogP contribution >= 0.6 is 0 Å². The molecular weight excluding hydrogens is 248 g/mol. The molecule has 0 amide bonds. The highest BCUT2D eigenvalue weighted by Gasteiger charge is 2.19. The lowest BCUT2D eigenvalue weighted by Crippen LogP contribution is -2.08. The van der Waals surface area contributed by atoms with Gasteiger partial charge in [-0.25, -0.2) is 0 Å². The molecule has 2 aromatic rings. The van der Waals surface area contributed by atoms with Crippen LogP contribution in [0.25, 0.3) is 11.1 Å². The van der Waals surface area contributed by atoms with Crippen LogP contribution in [0, 0.1) is 5.92 Å². The largest absolute Gasteiger partial charge is 0.381 e. The maximum atomic E-state index is 12.2. The minimum atomic E-state index is 0.222. The molecule has 0 bridgehead atoms. The van der Waals surface area contributed by atoms with Crippen molar-refractivity contribution in [1.29, 1.82) is 0 Å². The van der Waals surface area contributed by atoms with E-state index >= 15 is 0 Å². The van der Waals surface area contributed by atoms with Gasteiger partial charge in [-0.2, -0.15) is 0 Å². The van der Waals surface area contributed by atoms with Crippen molar-refractivity contribution in [3.63, 3.8) is 0 Å². The second-order valence-corrected chi connectivity index (χ2v) is 5.30. The summed E-state index contributed by atoms with van der Waals surface area (Å²) in [7, 11) is 0. The maximum Gasteiger partial charge on any atom is 0.163 e. The Morgan fingerprint density at radius 2 is 1.70 bits per heavy atom. The number of carbonyl (C=O) groups excluding carboxylic acids is 1. The minimum Gasteiger partial charge on any atom is -0.381 e. The fourth-order valence-electron chi connectivity index (χ4n) is 2.60. The van der Waals surface area contributed by atoms with Crippen LogP contribution in [0.3, 0.4) is 0 Å². The van der Waals surface area contributed by atoms with Gasteiger partial charge in [-0.15, -0.1) is 0 Å². The molecule has 0 N–H and O–H groups in total. The molecule has 1 aliphatic rings. The van der Waals surface area contributed by atoms with Gasteiger partial charge in [-0.3, -0.25) is 4.79 Å². The molecule has 1 atom stereocenters. The number of ether oxygens (including phenoxy) is 1. The highest BCUT2D eigenvalue weighted by Crippen LogP contribution is 2.22. The van der Waals surface area contributed by atoms with Crippen LogP contribution in [0.4, 0.5) is 0 Å². The number of rotatable bonds is 4. The van der Waals surface area contributed by atoms with Crippen LogP contribution in [-0.2, 0) is 4.74 Å². The zero-order valence-corrected chi connectivity index (χ0v) is 11.4. The molecule has 0 aliphatic carbocycles. The number of hydrogen-bond acceptors (Lipinski definition) is 2. The molecule has 2 nitrogen and oxygen atoms in total. The van der Waals surface area contributed by atoms with E-state index in [-0.39, 0.29) is 5.78 Å². The van der Waals surface area contributed by atoms with E-state index in [1.54, 1.807) is 0 Å². The van der Waals surface area contributed by atoms with Crippen LogP contribution in [0.2, 0.25) is 0 Å². The molecule has 2 heteroatoms. The predicted molar refractivity (Wildman–Crippen MR) is 79.8 cm³/mol. The Morgan fingerprint density at radius 1 is 1.00 bits per heavy atom. The van der Waals surface area contributed by atoms with E-state index in [4.69, 9.17) is 4.74 Å². The minimum absolute atomic E-state index is 0.222. The quantitative estimate of drug-likeness (QED) is 0.783. The fourth-order valence-corrected chi connectivity index (χ4v) is 2.60. The molecule has 1 aliphatic heterocycles. The third-order valence-electron chi connectivity index (χ3n) is 3.81. The Balaban J connectivity index is 1.71. The summed E-state index contributed by atoms with van der Waals surface area (Å²) < 4.78 is 5.32. The van der Waals surface area contributed by atoms with E-state index in [1.807, 2.05) is 42.5 Å². The first-order valence-electron chi connectivity index (χ1n) is 7.09. The molecule has 1 unspecified atom stereocenters. The van der Waals surface area contributed by atoms with Crippen molar-refractivity contribution >= 4 is 5.78 Å². The van der Waals surface area contributed by atoms with Crippen molar-refractivity contribution in [3.8, 4) is 11.1 Å². The molecule has 102 valence electrons. The Bertz CT molecular complexity index is 566. The summed E-state index contributed by atoms with van der Waals surface area (Å²) in [5.41, 5.74) is 3.12. The summed E-state index contributed by atoms with van der Waals surface area (Å²) in [5, 5.41) is 0. The summed E-state index contributed by atoms with van der Waals surface area (Å²) in [6.45, 7) is 1.53. The smallest absolute Gasteiger partial charge is 0.163 e. The molecule has 20 heavy (non-hydrogen) atoms. The molecular formula is C18H18O2. The van der Waals surface area contributed by atoms with Gasteiger partial charge >= 0.3 is 0 Å². The number of hydrogen-bond donors (Lipinski definition) is 0. The molecule has 0 spiro atoms. The fraction of sp³-hybridized carbons (Fsp3) is 0.278. The molecule has 1 heterocycles. The Kier molecular flexibility index (Phi) is 3.93. The van der Waals surface area contributed by atoms with Gasteiger partial charge in [0.1, 0.15) is 0 Å². The number of ketones is 1. The van der Waals surface area contributed by atoms with Crippen molar-refractivity contribution in [3.05, 3.63) is 60.2 Å². The first kappa shape index (κ1) is 13.1. The maximum absolute atomic E-state index is 12.2. The predicted octanol–water partition coefficient (Wildman–Crippen LogP) is 3.96. The Labute approximate surface area is 119 Å². The SMILES string of the molecule is O=C(CC1CCOC1)c1ccc(-c2ccccc2)cc1. The van der Waals surface area contributed by atoms with Gasteiger partial charge in [0, 0.05) is 25.2 Å². The second kappa shape index (κ2) is 6.02. The van der Waals surface area contributed by atoms with Gasteiger partial charge in [-0.1, -0.05) is 54.6 Å². The van der Waals surface area contributed by atoms with E-state index in [1.165, 1.54) is 5.56 Å². The van der Waals surface area contributed by atoms with Gasteiger partial charge in [0.2, 0.25) is 0 Å². The van der Waals surface area contributed by atoms with E-state index in [0.29, 0.717) is 12.3 Å². The zero-order valence-electron chi connectivity index (χ0n) is 11.4. The van der Waals surface area contributed by atoms with Crippen LogP contribution < -0.4 is 0 Å². The summed E-state index contributed by atoms with van der Waals surface area (Å²) >= 11 is 0. The average Bonchev–Trinajstić information content (AvgIpc) is 3.01. The van der Waals surface area contributed by atoms with Gasteiger partial charge in [0.15, 0.2) is 5.78 Å². The summed E-state index contributed by atoms with van der Waals surface area (Å²) in [5.74, 6) is 0.622. The molecule has 1 fully saturated rings. The molecule has 0 radical (unpaired) electrons. The lowest BCUT2D eigenvalue weighted by molar-refractivity contribution is 0.0953. The second-order valence-electron chi connectivity index (χ2n) is 5.30. The van der Waals surface area contributed by atoms with Crippen LogP contribution in [0.1, 0.15) is 23.2 Å². The molecule has 1 saturated heterocycles. The summed E-state index contributed by atoms with van der Waals surface area (Å²) in [4.78, 5) is 12.2. The average molecular weight is 266 g/mol. The number of benzene rings is 2. The third-order valence-corrected chi connectivity index (χ3v) is 3.81. The van der Waals surface area contributed by atoms with Crippen molar-refractivity contribution in [2.45, 2.75) is 12.8 Å². The molecule has 2 aromatic carbocycles. The standard InChI is InChI=1S/C18H18O2/c19-18(12-14-10-11-20-13-14)17-8-6-16(7-9-17)15-4-2-1-3-5-15/h1-9,14H,10-13H2. The first-order valence-corrected chi connectivity index (χ1v) is 7.09. The Hall–Kier alpha value is -1.93. The lowest BCUT2D eigenvalue weighted by Gasteiger charge is -2.07. The summed E-state index contributed by atoms with van der Waals surface area (Å²) in [6.07, 6.45) is 1.61.